The highest BCUT2D eigenvalue weighted by atomic mass is 79.9. The predicted molar refractivity (Wildman–Crippen MR) is 68.1 cm³/mol. The first-order valence-corrected chi connectivity index (χ1v) is 6.72. The summed E-state index contributed by atoms with van der Waals surface area (Å²) in [4.78, 5) is 0. The van der Waals surface area contributed by atoms with E-state index in [-0.39, 0.29) is 5.82 Å². The van der Waals surface area contributed by atoms with Crippen LogP contribution >= 0.6 is 15.9 Å². The van der Waals surface area contributed by atoms with Gasteiger partial charge in [-0.3, -0.25) is 0 Å². The van der Waals surface area contributed by atoms with Gasteiger partial charge in [0.25, 0.3) is 0 Å². The zero-order valence-corrected chi connectivity index (χ0v) is 10.9. The molecule has 3 heteroatoms. The van der Waals surface area contributed by atoms with Crippen LogP contribution in [0.15, 0.2) is 22.7 Å². The van der Waals surface area contributed by atoms with Crippen molar-refractivity contribution >= 4 is 15.9 Å². The van der Waals surface area contributed by atoms with Crippen LogP contribution < -0.4 is 5.32 Å². The predicted octanol–water partition coefficient (Wildman–Crippen LogP) is 3.66. The normalized spacial score (nSPS) is 21.8. The van der Waals surface area contributed by atoms with Crippen LogP contribution in [-0.2, 0) is 6.42 Å². The van der Waals surface area contributed by atoms with Gasteiger partial charge in [-0.15, -0.1) is 0 Å². The van der Waals surface area contributed by atoms with Crippen LogP contribution in [0.25, 0.3) is 0 Å². The molecule has 1 nitrogen and oxygen atoms in total. The van der Waals surface area contributed by atoms with Crippen LogP contribution in [0, 0.1) is 5.82 Å². The summed E-state index contributed by atoms with van der Waals surface area (Å²) in [5.74, 6) is -0.0968. The van der Waals surface area contributed by atoms with Crippen molar-refractivity contribution in [2.45, 2.75) is 38.1 Å². The molecule has 1 aliphatic rings. The van der Waals surface area contributed by atoms with Crippen molar-refractivity contribution in [1.82, 2.24) is 5.32 Å². The second kappa shape index (κ2) is 5.78. The standard InChI is InChI=1S/C13H17BrFN/c14-11-6-5-10(13(15)9-11)8-12-4-2-1-3-7-16-12/h5-6,9,12,16H,1-4,7-8H2. The van der Waals surface area contributed by atoms with E-state index in [1.54, 1.807) is 6.07 Å². The lowest BCUT2D eigenvalue weighted by Crippen LogP contribution is -2.30. The number of halogens is 2. The van der Waals surface area contributed by atoms with Gasteiger partial charge in [0.2, 0.25) is 0 Å². The second-order valence-electron chi connectivity index (χ2n) is 4.44. The van der Waals surface area contributed by atoms with Crippen molar-refractivity contribution in [2.75, 3.05) is 6.54 Å². The summed E-state index contributed by atoms with van der Waals surface area (Å²) >= 11 is 3.28. The minimum Gasteiger partial charge on any atom is -0.314 e. The molecule has 1 saturated heterocycles. The van der Waals surface area contributed by atoms with E-state index < -0.39 is 0 Å². The number of hydrogen-bond acceptors (Lipinski definition) is 1. The lowest BCUT2D eigenvalue weighted by atomic mass is 10.0. The van der Waals surface area contributed by atoms with Gasteiger partial charge in [0.15, 0.2) is 0 Å². The monoisotopic (exact) mass is 285 g/mol. The van der Waals surface area contributed by atoms with Crippen molar-refractivity contribution < 1.29 is 4.39 Å². The molecule has 1 atom stereocenters. The minimum atomic E-state index is -0.0968. The Morgan fingerprint density at radius 2 is 2.19 bits per heavy atom. The highest BCUT2D eigenvalue weighted by Crippen LogP contribution is 2.19. The van der Waals surface area contributed by atoms with E-state index in [4.69, 9.17) is 0 Å². The average Bonchev–Trinajstić information content (AvgIpc) is 2.51. The van der Waals surface area contributed by atoms with Crippen LogP contribution in [0.1, 0.15) is 31.2 Å². The van der Waals surface area contributed by atoms with Gasteiger partial charge < -0.3 is 5.32 Å². The maximum Gasteiger partial charge on any atom is 0.127 e. The van der Waals surface area contributed by atoms with Crippen LogP contribution in [0.3, 0.4) is 0 Å². The molecule has 16 heavy (non-hydrogen) atoms. The Labute approximate surface area is 105 Å². The highest BCUT2D eigenvalue weighted by Gasteiger charge is 2.14. The quantitative estimate of drug-likeness (QED) is 0.874. The fourth-order valence-corrected chi connectivity index (χ4v) is 2.56. The zero-order valence-electron chi connectivity index (χ0n) is 9.31. The molecule has 0 spiro atoms. The van der Waals surface area contributed by atoms with Gasteiger partial charge in [0, 0.05) is 10.5 Å². The fourth-order valence-electron chi connectivity index (χ4n) is 2.23. The Balaban J connectivity index is 2.01. The molecule has 1 N–H and O–H groups in total. The second-order valence-corrected chi connectivity index (χ2v) is 5.36. The third-order valence-electron chi connectivity index (χ3n) is 3.14. The van der Waals surface area contributed by atoms with E-state index in [1.807, 2.05) is 12.1 Å². The topological polar surface area (TPSA) is 12.0 Å². The van der Waals surface area contributed by atoms with Crippen molar-refractivity contribution in [3.05, 3.63) is 34.1 Å². The van der Waals surface area contributed by atoms with E-state index in [0.29, 0.717) is 6.04 Å². The molecule has 0 amide bonds. The van der Waals surface area contributed by atoms with E-state index in [2.05, 4.69) is 21.2 Å². The average molecular weight is 286 g/mol. The summed E-state index contributed by atoms with van der Waals surface area (Å²) in [6, 6.07) is 5.78. The Hall–Kier alpha value is -0.410. The van der Waals surface area contributed by atoms with E-state index >= 15 is 0 Å². The maximum absolute atomic E-state index is 13.6. The molecule has 1 heterocycles. The SMILES string of the molecule is Fc1cc(Br)ccc1CC1CCCCCN1. The van der Waals surface area contributed by atoms with Gasteiger partial charge in [-0.2, -0.15) is 0 Å². The Morgan fingerprint density at radius 1 is 1.31 bits per heavy atom. The molecule has 0 bridgehead atoms. The van der Waals surface area contributed by atoms with Gasteiger partial charge in [0.1, 0.15) is 5.82 Å². The smallest absolute Gasteiger partial charge is 0.127 e. The van der Waals surface area contributed by atoms with E-state index in [1.165, 1.54) is 19.3 Å². The van der Waals surface area contributed by atoms with Gasteiger partial charge in [-0.05, 0) is 43.5 Å². The molecular weight excluding hydrogens is 269 g/mol. The lowest BCUT2D eigenvalue weighted by molar-refractivity contribution is 0.494. The summed E-state index contributed by atoms with van der Waals surface area (Å²) in [7, 11) is 0. The van der Waals surface area contributed by atoms with Gasteiger partial charge >= 0.3 is 0 Å². The van der Waals surface area contributed by atoms with Crippen molar-refractivity contribution in [1.29, 1.82) is 0 Å². The van der Waals surface area contributed by atoms with E-state index in [0.717, 1.165) is 29.4 Å². The number of nitrogens with one attached hydrogen (secondary N) is 1. The molecule has 1 aromatic carbocycles. The maximum atomic E-state index is 13.6. The van der Waals surface area contributed by atoms with Crippen LogP contribution in [0.5, 0.6) is 0 Å². The van der Waals surface area contributed by atoms with Crippen LogP contribution in [0.4, 0.5) is 4.39 Å². The molecule has 1 aliphatic heterocycles. The molecule has 1 fully saturated rings. The van der Waals surface area contributed by atoms with Crippen LogP contribution in [0.2, 0.25) is 0 Å². The van der Waals surface area contributed by atoms with Crippen molar-refractivity contribution in [3.8, 4) is 0 Å². The third-order valence-corrected chi connectivity index (χ3v) is 3.64. The zero-order chi connectivity index (χ0) is 11.4. The third kappa shape index (κ3) is 3.29. The first kappa shape index (κ1) is 12.1. The molecule has 2 rings (SSSR count). The molecule has 88 valence electrons. The van der Waals surface area contributed by atoms with Gasteiger partial charge in [0.05, 0.1) is 0 Å². The van der Waals surface area contributed by atoms with Crippen molar-refractivity contribution in [2.24, 2.45) is 0 Å². The Bertz CT molecular complexity index is 346. The largest absolute Gasteiger partial charge is 0.314 e. The molecule has 1 aromatic rings. The Kier molecular flexibility index (Phi) is 4.36. The summed E-state index contributed by atoms with van der Waals surface area (Å²) in [6.07, 6.45) is 5.77. The molecule has 0 saturated carbocycles. The van der Waals surface area contributed by atoms with Gasteiger partial charge in [-0.1, -0.05) is 34.8 Å². The lowest BCUT2D eigenvalue weighted by Gasteiger charge is -2.16. The Morgan fingerprint density at radius 3 is 3.00 bits per heavy atom. The molecule has 1 unspecified atom stereocenters. The summed E-state index contributed by atoms with van der Waals surface area (Å²) in [6.45, 7) is 1.07. The molecular formula is C13H17BrFN. The number of rotatable bonds is 2. The van der Waals surface area contributed by atoms with E-state index in [9.17, 15) is 4.39 Å². The highest BCUT2D eigenvalue weighted by molar-refractivity contribution is 9.10. The fraction of sp³-hybridized carbons (Fsp3) is 0.538. The van der Waals surface area contributed by atoms with Crippen molar-refractivity contribution in [3.63, 3.8) is 0 Å². The van der Waals surface area contributed by atoms with Crippen LogP contribution in [-0.4, -0.2) is 12.6 Å². The number of hydrogen-bond donors (Lipinski definition) is 1. The summed E-state index contributed by atoms with van der Waals surface area (Å²) in [5.41, 5.74) is 0.822. The molecule has 0 aliphatic carbocycles. The molecule has 0 radical (unpaired) electrons. The minimum absolute atomic E-state index is 0.0968. The first-order valence-electron chi connectivity index (χ1n) is 5.93. The summed E-state index contributed by atoms with van der Waals surface area (Å²) in [5, 5.41) is 3.49. The summed E-state index contributed by atoms with van der Waals surface area (Å²) < 4.78 is 14.5. The molecule has 0 aromatic heterocycles. The first-order chi connectivity index (χ1) is 7.75. The number of benzene rings is 1. The van der Waals surface area contributed by atoms with Gasteiger partial charge in [-0.25, -0.2) is 4.39 Å².